The summed E-state index contributed by atoms with van der Waals surface area (Å²) in [5, 5.41) is 0. The number of morpholine rings is 1. The summed E-state index contributed by atoms with van der Waals surface area (Å²) in [6.07, 6.45) is 0.333. The lowest BCUT2D eigenvalue weighted by Gasteiger charge is -2.31. The molecule has 0 bridgehead atoms. The lowest BCUT2D eigenvalue weighted by atomic mass is 10.1. The van der Waals surface area contributed by atoms with E-state index in [2.05, 4.69) is 36.1 Å². The van der Waals surface area contributed by atoms with E-state index in [0.29, 0.717) is 12.6 Å². The minimum atomic E-state index is 0.333. The van der Waals surface area contributed by atoms with E-state index in [-0.39, 0.29) is 0 Å². The van der Waals surface area contributed by atoms with Gasteiger partial charge in [0.15, 0.2) is 5.96 Å². The number of nitrogens with zero attached hydrogens (tertiary/aromatic N) is 4. The van der Waals surface area contributed by atoms with Crippen molar-refractivity contribution in [3.05, 3.63) is 35.4 Å². The Balaban J connectivity index is 2.00. The normalized spacial score (nSPS) is 18.6. The van der Waals surface area contributed by atoms with Crippen LogP contribution in [-0.2, 0) is 17.8 Å². The summed E-state index contributed by atoms with van der Waals surface area (Å²) in [6.45, 7) is 6.69. The van der Waals surface area contributed by atoms with E-state index < -0.39 is 0 Å². The molecule has 5 nitrogen and oxygen atoms in total. The van der Waals surface area contributed by atoms with Crippen molar-refractivity contribution in [1.82, 2.24) is 14.7 Å². The molecule has 0 radical (unpaired) electrons. The number of guanidine groups is 1. The highest BCUT2D eigenvalue weighted by Crippen LogP contribution is 2.13. The monoisotopic (exact) mass is 318 g/mol. The average Bonchev–Trinajstić information content (AvgIpc) is 2.47. The first-order valence-corrected chi connectivity index (χ1v) is 8.26. The second-order valence-electron chi connectivity index (χ2n) is 6.64. The summed E-state index contributed by atoms with van der Waals surface area (Å²) in [7, 11) is 8.09. The third-order valence-electron chi connectivity index (χ3n) is 3.93. The lowest BCUT2D eigenvalue weighted by molar-refractivity contribution is -0.0212. The summed E-state index contributed by atoms with van der Waals surface area (Å²) >= 11 is 0. The number of rotatable bonds is 4. The van der Waals surface area contributed by atoms with Gasteiger partial charge in [0.25, 0.3) is 0 Å². The molecule has 5 heteroatoms. The topological polar surface area (TPSA) is 31.3 Å². The van der Waals surface area contributed by atoms with Gasteiger partial charge in [-0.05, 0) is 18.1 Å². The molecule has 1 saturated heterocycles. The van der Waals surface area contributed by atoms with Crippen molar-refractivity contribution in [2.45, 2.75) is 26.1 Å². The Morgan fingerprint density at radius 1 is 1.22 bits per heavy atom. The maximum absolute atomic E-state index is 5.61. The first-order valence-electron chi connectivity index (χ1n) is 8.26. The Morgan fingerprint density at radius 2 is 1.91 bits per heavy atom. The molecule has 128 valence electrons. The van der Waals surface area contributed by atoms with E-state index in [9.17, 15) is 0 Å². The number of hydrogen-bond donors (Lipinski definition) is 0. The Hall–Kier alpha value is -1.59. The Labute approximate surface area is 140 Å². The van der Waals surface area contributed by atoms with Crippen LogP contribution in [0, 0.1) is 0 Å². The summed E-state index contributed by atoms with van der Waals surface area (Å²) in [4.78, 5) is 11.3. The largest absolute Gasteiger partial charge is 0.376 e. The highest BCUT2D eigenvalue weighted by Gasteiger charge is 2.16. The van der Waals surface area contributed by atoms with E-state index in [1.807, 2.05) is 38.0 Å². The molecule has 1 unspecified atom stereocenters. The van der Waals surface area contributed by atoms with E-state index in [4.69, 9.17) is 9.73 Å². The van der Waals surface area contributed by atoms with Gasteiger partial charge >= 0.3 is 0 Å². The molecule has 1 aliphatic heterocycles. The molecule has 0 saturated carbocycles. The van der Waals surface area contributed by atoms with Crippen LogP contribution in [0.5, 0.6) is 0 Å². The van der Waals surface area contributed by atoms with Gasteiger partial charge in [0.2, 0.25) is 0 Å². The van der Waals surface area contributed by atoms with E-state index >= 15 is 0 Å². The Kier molecular flexibility index (Phi) is 6.42. The predicted octanol–water partition coefficient (Wildman–Crippen LogP) is 1.89. The molecule has 1 fully saturated rings. The van der Waals surface area contributed by atoms with Crippen molar-refractivity contribution in [3.8, 4) is 0 Å². The van der Waals surface area contributed by atoms with Crippen LogP contribution in [-0.4, -0.2) is 74.7 Å². The molecule has 1 aliphatic rings. The minimum absolute atomic E-state index is 0.333. The van der Waals surface area contributed by atoms with Crippen molar-refractivity contribution in [1.29, 1.82) is 0 Å². The lowest BCUT2D eigenvalue weighted by Crippen LogP contribution is -2.40. The number of ether oxygens (including phenoxy) is 1. The maximum atomic E-state index is 5.61. The van der Waals surface area contributed by atoms with Crippen LogP contribution >= 0.6 is 0 Å². The van der Waals surface area contributed by atoms with Gasteiger partial charge in [-0.25, -0.2) is 4.99 Å². The van der Waals surface area contributed by atoms with Gasteiger partial charge in [-0.2, -0.15) is 0 Å². The van der Waals surface area contributed by atoms with Crippen LogP contribution in [0.25, 0.3) is 0 Å². The van der Waals surface area contributed by atoms with Crippen LogP contribution in [0.2, 0.25) is 0 Å². The molecule has 2 rings (SSSR count). The highest BCUT2D eigenvalue weighted by molar-refractivity contribution is 5.79. The molecule has 1 atom stereocenters. The predicted molar refractivity (Wildman–Crippen MR) is 95.6 cm³/mol. The molecule has 0 aliphatic carbocycles. The molecule has 0 amide bonds. The fourth-order valence-electron chi connectivity index (χ4n) is 2.96. The third kappa shape index (κ3) is 5.52. The van der Waals surface area contributed by atoms with Crippen molar-refractivity contribution in [2.75, 3.05) is 47.9 Å². The van der Waals surface area contributed by atoms with Crippen LogP contribution < -0.4 is 0 Å². The molecule has 0 spiro atoms. The van der Waals surface area contributed by atoms with Gasteiger partial charge in [0.05, 0.1) is 19.3 Å². The van der Waals surface area contributed by atoms with Crippen molar-refractivity contribution >= 4 is 5.96 Å². The Morgan fingerprint density at radius 3 is 2.57 bits per heavy atom. The molecule has 0 aromatic heterocycles. The number of hydrogen-bond acceptors (Lipinski definition) is 3. The fourth-order valence-corrected chi connectivity index (χ4v) is 2.96. The molecule has 1 aromatic rings. The van der Waals surface area contributed by atoms with Crippen LogP contribution in [0.1, 0.15) is 18.1 Å². The van der Waals surface area contributed by atoms with Crippen LogP contribution in [0.3, 0.4) is 0 Å². The molecule has 1 heterocycles. The maximum Gasteiger partial charge on any atom is 0.195 e. The smallest absolute Gasteiger partial charge is 0.195 e. The van der Waals surface area contributed by atoms with Crippen molar-refractivity contribution in [2.24, 2.45) is 4.99 Å². The second kappa shape index (κ2) is 8.31. The zero-order valence-electron chi connectivity index (χ0n) is 15.1. The first-order chi connectivity index (χ1) is 11.0. The van der Waals surface area contributed by atoms with Crippen molar-refractivity contribution < 1.29 is 4.74 Å². The molecule has 1 aromatic carbocycles. The second-order valence-corrected chi connectivity index (χ2v) is 6.64. The Bertz CT molecular complexity index is 518. The van der Waals surface area contributed by atoms with Gasteiger partial charge in [-0.15, -0.1) is 0 Å². The highest BCUT2D eigenvalue weighted by atomic mass is 16.5. The standard InChI is InChI=1S/C18H30N4O/c1-15-13-22(9-10-23-15)14-17-8-6-7-16(11-17)12-19-18(20(2)3)21(4)5/h6-8,11,15H,9-10,12-14H2,1-5H3. The van der Waals surface area contributed by atoms with E-state index in [0.717, 1.165) is 32.2 Å². The van der Waals surface area contributed by atoms with E-state index in [1.54, 1.807) is 0 Å². The number of aliphatic imine (C=N–C) groups is 1. The quantitative estimate of drug-likeness (QED) is 0.627. The van der Waals surface area contributed by atoms with E-state index in [1.165, 1.54) is 11.1 Å². The van der Waals surface area contributed by atoms with Gasteiger partial charge < -0.3 is 14.5 Å². The SMILES string of the molecule is CC1CN(Cc2cccc(CN=C(N(C)C)N(C)C)c2)CCO1. The molecular weight excluding hydrogens is 288 g/mol. The average molecular weight is 318 g/mol. The van der Waals surface area contributed by atoms with Gasteiger partial charge in [0, 0.05) is 47.8 Å². The van der Waals surface area contributed by atoms with Crippen LogP contribution in [0.15, 0.2) is 29.3 Å². The summed E-state index contributed by atoms with van der Waals surface area (Å²) in [5.41, 5.74) is 2.60. The zero-order valence-corrected chi connectivity index (χ0v) is 15.1. The van der Waals surface area contributed by atoms with Crippen molar-refractivity contribution in [3.63, 3.8) is 0 Å². The number of benzene rings is 1. The molecular formula is C18H30N4O. The molecule has 23 heavy (non-hydrogen) atoms. The minimum Gasteiger partial charge on any atom is -0.376 e. The fraction of sp³-hybridized carbons (Fsp3) is 0.611. The summed E-state index contributed by atoms with van der Waals surface area (Å²) in [5.74, 6) is 0.984. The van der Waals surface area contributed by atoms with Crippen LogP contribution in [0.4, 0.5) is 0 Å². The van der Waals surface area contributed by atoms with Gasteiger partial charge in [-0.1, -0.05) is 24.3 Å². The third-order valence-corrected chi connectivity index (χ3v) is 3.93. The van der Waals surface area contributed by atoms with Gasteiger partial charge in [-0.3, -0.25) is 4.90 Å². The first kappa shape index (κ1) is 17.8. The zero-order chi connectivity index (χ0) is 16.8. The summed E-state index contributed by atoms with van der Waals surface area (Å²) in [6, 6.07) is 8.76. The summed E-state index contributed by atoms with van der Waals surface area (Å²) < 4.78 is 5.61. The molecule has 0 N–H and O–H groups in total. The van der Waals surface area contributed by atoms with Gasteiger partial charge in [0.1, 0.15) is 0 Å².